The largest absolute Gasteiger partial charge is 0.337 e. The van der Waals surface area contributed by atoms with Gasteiger partial charge in [0, 0.05) is 19.1 Å². The maximum Gasteiger partial charge on any atom is 0.333 e. The number of nitrogens with zero attached hydrogens (tertiary/aromatic N) is 3. The summed E-state index contributed by atoms with van der Waals surface area (Å²) < 4.78 is 63.0. The van der Waals surface area contributed by atoms with Gasteiger partial charge in [0.25, 0.3) is 0 Å². The van der Waals surface area contributed by atoms with E-state index >= 15 is 0 Å². The van der Waals surface area contributed by atoms with Crippen LogP contribution in [0.4, 0.5) is 0 Å². The fourth-order valence-electron chi connectivity index (χ4n) is 5.22. The smallest absolute Gasteiger partial charge is 0.333 e. The summed E-state index contributed by atoms with van der Waals surface area (Å²) in [5, 5.41) is 8.02. The minimum Gasteiger partial charge on any atom is -0.337 e. The standard InChI is InChI=1S/C26H37N7O7S2/c27-29-19-33(14-4-1-5-15-33)18-28-25(34)17-24(26(35)32(22-9-10-22)13-12-30-42(38,39)40)31-41(36,37)23-11-8-20-6-2-3-7-21(20)16-23/h2-3,6-8,11,16,19,22,24,30-31H,1,4-5,9-10,12-15,17-18,27H2,(H-,28,34,38,39,40)/p+1/t24-/m0/s1. The average molecular weight is 625 g/mol. The molecule has 1 saturated carbocycles. The van der Waals surface area contributed by atoms with E-state index in [0.717, 1.165) is 37.7 Å². The zero-order valence-corrected chi connectivity index (χ0v) is 24.8. The van der Waals surface area contributed by atoms with E-state index in [-0.39, 0.29) is 30.7 Å². The minimum absolute atomic E-state index is 0.0672. The number of hydrazone groups is 1. The highest BCUT2D eigenvalue weighted by Crippen LogP contribution is 2.28. The minimum atomic E-state index is -4.49. The summed E-state index contributed by atoms with van der Waals surface area (Å²) in [6, 6.07) is 10.1. The van der Waals surface area contributed by atoms with E-state index in [9.17, 15) is 26.4 Å². The molecule has 16 heteroatoms. The fraction of sp³-hybridized carbons (Fsp3) is 0.500. The predicted molar refractivity (Wildman–Crippen MR) is 156 cm³/mol. The Morgan fingerprint density at radius 2 is 1.76 bits per heavy atom. The van der Waals surface area contributed by atoms with E-state index in [1.165, 1.54) is 17.0 Å². The molecular weight excluding hydrogens is 586 g/mol. The monoisotopic (exact) mass is 624 g/mol. The lowest BCUT2D eigenvalue weighted by molar-refractivity contribution is -0.842. The number of hydrogen-bond acceptors (Lipinski definition) is 8. The van der Waals surface area contributed by atoms with Crippen molar-refractivity contribution in [2.24, 2.45) is 10.9 Å². The number of benzene rings is 2. The molecule has 0 radical (unpaired) electrons. The van der Waals surface area contributed by atoms with Crippen molar-refractivity contribution >= 4 is 49.3 Å². The van der Waals surface area contributed by atoms with Crippen LogP contribution in [0.5, 0.6) is 0 Å². The quantitative estimate of drug-likeness (QED) is 0.0491. The van der Waals surface area contributed by atoms with Crippen LogP contribution in [0.3, 0.4) is 0 Å². The van der Waals surface area contributed by atoms with Gasteiger partial charge in [-0.25, -0.2) is 8.42 Å². The van der Waals surface area contributed by atoms with Crippen molar-refractivity contribution in [1.29, 1.82) is 0 Å². The third kappa shape index (κ3) is 8.68. The Morgan fingerprint density at radius 3 is 2.40 bits per heavy atom. The van der Waals surface area contributed by atoms with Gasteiger partial charge in [-0.05, 0) is 55.0 Å². The van der Waals surface area contributed by atoms with Crippen molar-refractivity contribution in [1.82, 2.24) is 19.7 Å². The number of quaternary nitrogens is 1. The maximum atomic E-state index is 13.7. The number of nitrogens with one attached hydrogen (secondary N) is 3. The van der Waals surface area contributed by atoms with Crippen molar-refractivity contribution in [2.45, 2.75) is 55.5 Å². The van der Waals surface area contributed by atoms with E-state index in [2.05, 4.69) is 15.1 Å². The van der Waals surface area contributed by atoms with Crippen LogP contribution >= 0.6 is 0 Å². The average Bonchev–Trinajstić information content (AvgIpc) is 3.79. The first-order chi connectivity index (χ1) is 19.9. The molecule has 230 valence electrons. The first kappa shape index (κ1) is 31.8. The predicted octanol–water partition coefficient (Wildman–Crippen LogP) is 0.237. The number of fused-ring (bicyclic) bond motifs is 1. The third-order valence-corrected chi connectivity index (χ3v) is 9.57. The fourth-order valence-corrected chi connectivity index (χ4v) is 6.80. The number of nitrogens with two attached hydrogens (primary N) is 1. The number of piperidine rings is 1. The molecule has 0 aromatic heterocycles. The van der Waals surface area contributed by atoms with Crippen molar-refractivity contribution < 1.29 is 35.5 Å². The molecule has 1 saturated heterocycles. The van der Waals surface area contributed by atoms with Gasteiger partial charge in [-0.2, -0.15) is 17.9 Å². The van der Waals surface area contributed by atoms with Crippen molar-refractivity contribution in [3.63, 3.8) is 0 Å². The maximum absolute atomic E-state index is 13.7. The van der Waals surface area contributed by atoms with Crippen molar-refractivity contribution in [3.05, 3.63) is 42.5 Å². The summed E-state index contributed by atoms with van der Waals surface area (Å²) in [6.45, 7) is 1.24. The second-order valence-electron chi connectivity index (χ2n) is 10.8. The summed E-state index contributed by atoms with van der Waals surface area (Å²) in [5.74, 6) is 4.21. The highest BCUT2D eigenvalue weighted by atomic mass is 32.2. The van der Waals surface area contributed by atoms with E-state index in [1.807, 2.05) is 16.9 Å². The highest BCUT2D eigenvalue weighted by Gasteiger charge is 2.39. The van der Waals surface area contributed by atoms with Crippen LogP contribution in [0, 0.1) is 0 Å². The van der Waals surface area contributed by atoms with Gasteiger partial charge >= 0.3 is 10.3 Å². The molecule has 2 amide bonds. The van der Waals surface area contributed by atoms with Crippen molar-refractivity contribution in [2.75, 3.05) is 32.8 Å². The van der Waals surface area contributed by atoms with Crippen molar-refractivity contribution in [3.8, 4) is 0 Å². The van der Waals surface area contributed by atoms with Crippen LogP contribution < -0.4 is 20.6 Å². The molecular formula is C26H38N7O7S2+. The number of sulfonamides is 1. The number of carbonyl (C=O) groups is 2. The molecule has 2 fully saturated rings. The lowest BCUT2D eigenvalue weighted by Crippen LogP contribution is -2.57. The van der Waals surface area contributed by atoms with Gasteiger partial charge in [-0.15, -0.1) is 5.10 Å². The molecule has 1 heterocycles. The van der Waals surface area contributed by atoms with E-state index in [1.54, 1.807) is 24.5 Å². The molecule has 1 atom stereocenters. The van der Waals surface area contributed by atoms with Gasteiger partial charge in [-0.3, -0.25) is 18.6 Å². The molecule has 2 aliphatic rings. The van der Waals surface area contributed by atoms with Gasteiger partial charge in [0.1, 0.15) is 6.04 Å². The summed E-state index contributed by atoms with van der Waals surface area (Å²) in [6.07, 6.45) is 5.31. The van der Waals surface area contributed by atoms with Crippen LogP contribution in [-0.4, -0.2) is 93.9 Å². The van der Waals surface area contributed by atoms with Crippen LogP contribution in [0.15, 0.2) is 52.5 Å². The summed E-state index contributed by atoms with van der Waals surface area (Å²) >= 11 is 0. The molecule has 0 bridgehead atoms. The van der Waals surface area contributed by atoms with Crippen LogP contribution in [-0.2, 0) is 29.9 Å². The first-order valence-corrected chi connectivity index (χ1v) is 16.7. The van der Waals surface area contributed by atoms with Gasteiger partial charge in [0.15, 0.2) is 6.67 Å². The Morgan fingerprint density at radius 1 is 1.07 bits per heavy atom. The highest BCUT2D eigenvalue weighted by molar-refractivity contribution is 7.89. The summed E-state index contributed by atoms with van der Waals surface area (Å²) in [5.41, 5.74) is 0. The lowest BCUT2D eigenvalue weighted by atomic mass is 10.1. The SMILES string of the molecule is NN=C[N+]1(CNC(=O)C[C@H](NS(=O)(=O)c2ccc3ccccc3c2)C(=O)N(CCNS(=O)(=O)O)C2CC2)CCCCC1. The summed E-state index contributed by atoms with van der Waals surface area (Å²) in [4.78, 5) is 28.2. The molecule has 14 nitrogen and oxygen atoms in total. The Kier molecular flexibility index (Phi) is 10.2. The Hall–Kier alpha value is -3.15. The normalized spacial score (nSPS) is 18.1. The molecule has 1 aliphatic carbocycles. The number of rotatable bonds is 14. The number of hydrogen-bond donors (Lipinski definition) is 5. The van der Waals surface area contributed by atoms with Gasteiger partial charge < -0.3 is 16.1 Å². The molecule has 0 spiro atoms. The lowest BCUT2D eigenvalue weighted by Gasteiger charge is -2.36. The van der Waals surface area contributed by atoms with Gasteiger partial charge in [0.2, 0.25) is 28.2 Å². The van der Waals surface area contributed by atoms with E-state index in [0.29, 0.717) is 22.7 Å². The van der Waals surface area contributed by atoms with Crippen LogP contribution in [0.2, 0.25) is 0 Å². The molecule has 6 N–H and O–H groups in total. The zero-order chi connectivity index (χ0) is 30.4. The molecule has 2 aromatic carbocycles. The zero-order valence-electron chi connectivity index (χ0n) is 23.2. The van der Waals surface area contributed by atoms with Gasteiger partial charge in [0.05, 0.1) is 24.4 Å². The Balaban J connectivity index is 1.55. The van der Waals surface area contributed by atoms with E-state index in [4.69, 9.17) is 10.4 Å². The number of carbonyl (C=O) groups excluding carboxylic acids is 2. The second kappa shape index (κ2) is 13.4. The Bertz CT molecular complexity index is 1520. The molecule has 2 aromatic rings. The van der Waals surface area contributed by atoms with Crippen LogP contribution in [0.1, 0.15) is 38.5 Å². The van der Waals surface area contributed by atoms with Gasteiger partial charge in [-0.1, -0.05) is 30.3 Å². The molecule has 0 unspecified atom stereocenters. The number of amides is 2. The topological polar surface area (TPSA) is 200 Å². The molecule has 42 heavy (non-hydrogen) atoms. The second-order valence-corrected chi connectivity index (χ2v) is 13.7. The first-order valence-electron chi connectivity index (χ1n) is 13.8. The molecule has 4 rings (SSSR count). The Labute approximate surface area is 245 Å². The van der Waals surface area contributed by atoms with Crippen LogP contribution in [0.25, 0.3) is 10.8 Å². The third-order valence-electron chi connectivity index (χ3n) is 7.53. The molecule has 1 aliphatic heterocycles. The van der Waals surface area contributed by atoms with E-state index < -0.39 is 44.6 Å². The number of likely N-dealkylation sites (tertiary alicyclic amines) is 1. The summed E-state index contributed by atoms with van der Waals surface area (Å²) in [7, 11) is -8.74.